The fourth-order valence-corrected chi connectivity index (χ4v) is 1.96. The minimum absolute atomic E-state index is 0.706. The van der Waals surface area contributed by atoms with Crippen LogP contribution in [-0.2, 0) is 0 Å². The molecular formula is C13H18N4. The second kappa shape index (κ2) is 6.24. The van der Waals surface area contributed by atoms with Gasteiger partial charge in [-0.2, -0.15) is 5.26 Å². The summed E-state index contributed by atoms with van der Waals surface area (Å²) in [6.07, 6.45) is 0. The van der Waals surface area contributed by atoms with E-state index in [4.69, 9.17) is 5.26 Å². The van der Waals surface area contributed by atoms with E-state index in [-0.39, 0.29) is 0 Å². The van der Waals surface area contributed by atoms with Crippen molar-refractivity contribution in [2.45, 2.75) is 0 Å². The molecule has 0 saturated carbocycles. The first-order chi connectivity index (χ1) is 8.38. The summed E-state index contributed by atoms with van der Waals surface area (Å²) in [6.45, 7) is 6.48. The van der Waals surface area contributed by atoms with Crippen LogP contribution in [-0.4, -0.2) is 44.2 Å². The number of hydrogen-bond acceptors (Lipinski definition) is 4. The molecular weight excluding hydrogens is 212 g/mol. The van der Waals surface area contributed by atoms with Crippen molar-refractivity contribution in [2.24, 2.45) is 0 Å². The molecule has 0 amide bonds. The molecule has 0 radical (unpaired) electrons. The molecule has 1 saturated heterocycles. The first-order valence-electron chi connectivity index (χ1n) is 6.05. The summed E-state index contributed by atoms with van der Waals surface area (Å²) in [5.41, 5.74) is 1.79. The van der Waals surface area contributed by atoms with Crippen LogP contribution in [0.15, 0.2) is 24.3 Å². The molecule has 4 heteroatoms. The van der Waals surface area contributed by atoms with Gasteiger partial charge in [-0.15, -0.1) is 0 Å². The lowest BCUT2D eigenvalue weighted by Crippen LogP contribution is -2.45. The third-order valence-corrected chi connectivity index (χ3v) is 2.98. The fraction of sp³-hybridized carbons (Fsp3) is 0.462. The van der Waals surface area contributed by atoms with Gasteiger partial charge in [0.25, 0.3) is 0 Å². The number of nitriles is 1. The highest BCUT2D eigenvalue weighted by molar-refractivity contribution is 5.47. The molecule has 0 bridgehead atoms. The Bertz CT molecular complexity index is 373. The third-order valence-electron chi connectivity index (χ3n) is 2.98. The number of hydrogen-bond donors (Lipinski definition) is 2. The van der Waals surface area contributed by atoms with Crippen molar-refractivity contribution in [3.8, 4) is 6.07 Å². The lowest BCUT2D eigenvalue weighted by molar-refractivity contribution is 0.249. The van der Waals surface area contributed by atoms with Crippen LogP contribution < -0.4 is 10.6 Å². The van der Waals surface area contributed by atoms with Gasteiger partial charge in [-0.3, -0.25) is 4.90 Å². The predicted octanol–water partition coefficient (Wildman–Crippen LogP) is 0.875. The van der Waals surface area contributed by atoms with Crippen LogP contribution in [0.3, 0.4) is 0 Å². The Morgan fingerprint density at radius 1 is 1.24 bits per heavy atom. The van der Waals surface area contributed by atoms with Crippen molar-refractivity contribution in [3.63, 3.8) is 0 Å². The highest BCUT2D eigenvalue weighted by atomic mass is 15.2. The summed E-state index contributed by atoms with van der Waals surface area (Å²) >= 11 is 0. The molecule has 1 aliphatic rings. The van der Waals surface area contributed by atoms with E-state index in [1.54, 1.807) is 0 Å². The lowest BCUT2D eigenvalue weighted by atomic mass is 10.2. The van der Waals surface area contributed by atoms with Gasteiger partial charge in [0.2, 0.25) is 0 Å². The molecule has 17 heavy (non-hydrogen) atoms. The van der Waals surface area contributed by atoms with Gasteiger partial charge in [0.1, 0.15) is 0 Å². The maximum Gasteiger partial charge on any atom is 0.0991 e. The third kappa shape index (κ3) is 3.74. The van der Waals surface area contributed by atoms with Crippen molar-refractivity contribution in [1.29, 1.82) is 5.26 Å². The smallest absolute Gasteiger partial charge is 0.0991 e. The van der Waals surface area contributed by atoms with Crippen LogP contribution in [0.5, 0.6) is 0 Å². The van der Waals surface area contributed by atoms with Crippen LogP contribution in [0.25, 0.3) is 0 Å². The van der Waals surface area contributed by atoms with E-state index in [0.29, 0.717) is 5.56 Å². The molecule has 1 aliphatic heterocycles. The summed E-state index contributed by atoms with van der Waals surface area (Å²) in [7, 11) is 0. The largest absolute Gasteiger partial charge is 0.384 e. The lowest BCUT2D eigenvalue weighted by Gasteiger charge is -2.27. The average Bonchev–Trinajstić information content (AvgIpc) is 2.41. The summed E-state index contributed by atoms with van der Waals surface area (Å²) in [5, 5.41) is 15.4. The average molecular weight is 230 g/mol. The molecule has 0 aromatic heterocycles. The van der Waals surface area contributed by atoms with E-state index in [1.807, 2.05) is 24.3 Å². The van der Waals surface area contributed by atoms with Gasteiger partial charge in [0, 0.05) is 45.0 Å². The fourth-order valence-electron chi connectivity index (χ4n) is 1.96. The Hall–Kier alpha value is -1.57. The highest BCUT2D eigenvalue weighted by Crippen LogP contribution is 2.08. The first-order valence-corrected chi connectivity index (χ1v) is 6.05. The number of anilines is 1. The summed E-state index contributed by atoms with van der Waals surface area (Å²) in [4.78, 5) is 2.45. The van der Waals surface area contributed by atoms with E-state index in [2.05, 4.69) is 21.6 Å². The molecule has 4 nitrogen and oxygen atoms in total. The van der Waals surface area contributed by atoms with Crippen LogP contribution in [0, 0.1) is 11.3 Å². The number of benzene rings is 1. The molecule has 0 aliphatic carbocycles. The highest BCUT2D eigenvalue weighted by Gasteiger charge is 2.07. The Morgan fingerprint density at radius 2 is 1.94 bits per heavy atom. The molecule has 1 aromatic carbocycles. The zero-order valence-corrected chi connectivity index (χ0v) is 9.95. The second-order valence-corrected chi connectivity index (χ2v) is 4.21. The van der Waals surface area contributed by atoms with E-state index in [0.717, 1.165) is 45.0 Å². The maximum absolute atomic E-state index is 8.69. The number of nitrogens with one attached hydrogen (secondary N) is 2. The quantitative estimate of drug-likeness (QED) is 0.806. The Kier molecular flexibility index (Phi) is 4.37. The van der Waals surface area contributed by atoms with Gasteiger partial charge >= 0.3 is 0 Å². The molecule has 1 heterocycles. The van der Waals surface area contributed by atoms with Crippen molar-refractivity contribution >= 4 is 5.69 Å². The minimum Gasteiger partial charge on any atom is -0.384 e. The molecule has 0 unspecified atom stereocenters. The van der Waals surface area contributed by atoms with Gasteiger partial charge in [-0.1, -0.05) is 0 Å². The van der Waals surface area contributed by atoms with Gasteiger partial charge in [0.05, 0.1) is 11.6 Å². The maximum atomic E-state index is 8.69. The Morgan fingerprint density at radius 3 is 2.59 bits per heavy atom. The molecule has 1 aromatic rings. The summed E-state index contributed by atoms with van der Waals surface area (Å²) in [5.74, 6) is 0. The van der Waals surface area contributed by atoms with E-state index in [9.17, 15) is 0 Å². The number of piperazine rings is 1. The molecule has 0 spiro atoms. The first kappa shape index (κ1) is 11.9. The zero-order chi connectivity index (χ0) is 11.9. The number of rotatable bonds is 4. The topological polar surface area (TPSA) is 51.1 Å². The normalized spacial score (nSPS) is 16.4. The molecule has 2 rings (SSSR count). The van der Waals surface area contributed by atoms with Gasteiger partial charge < -0.3 is 10.6 Å². The van der Waals surface area contributed by atoms with Crippen molar-refractivity contribution in [1.82, 2.24) is 10.2 Å². The van der Waals surface area contributed by atoms with Crippen LogP contribution in [0.2, 0.25) is 0 Å². The summed E-state index contributed by atoms with van der Waals surface area (Å²) in [6, 6.07) is 9.71. The van der Waals surface area contributed by atoms with Crippen LogP contribution >= 0.6 is 0 Å². The van der Waals surface area contributed by atoms with E-state index in [1.165, 1.54) is 0 Å². The van der Waals surface area contributed by atoms with Crippen molar-refractivity contribution < 1.29 is 0 Å². The van der Waals surface area contributed by atoms with Gasteiger partial charge in [-0.05, 0) is 24.3 Å². The molecule has 2 N–H and O–H groups in total. The standard InChI is InChI=1S/C13H18N4/c14-11-12-1-3-13(4-2-12)16-7-10-17-8-5-15-6-9-17/h1-4,15-16H,5-10H2. The predicted molar refractivity (Wildman–Crippen MR) is 69.0 cm³/mol. The van der Waals surface area contributed by atoms with Crippen LogP contribution in [0.4, 0.5) is 5.69 Å². The summed E-state index contributed by atoms with van der Waals surface area (Å²) < 4.78 is 0. The SMILES string of the molecule is N#Cc1ccc(NCCN2CCNCC2)cc1. The van der Waals surface area contributed by atoms with Gasteiger partial charge in [0.15, 0.2) is 0 Å². The van der Waals surface area contributed by atoms with Crippen molar-refractivity contribution in [2.75, 3.05) is 44.6 Å². The Balaban J connectivity index is 1.72. The van der Waals surface area contributed by atoms with Crippen LogP contribution in [0.1, 0.15) is 5.56 Å². The monoisotopic (exact) mass is 230 g/mol. The molecule has 1 fully saturated rings. The van der Waals surface area contributed by atoms with Crippen molar-refractivity contribution in [3.05, 3.63) is 29.8 Å². The minimum atomic E-state index is 0.706. The molecule has 0 atom stereocenters. The van der Waals surface area contributed by atoms with E-state index < -0.39 is 0 Å². The van der Waals surface area contributed by atoms with Gasteiger partial charge in [-0.25, -0.2) is 0 Å². The molecule has 90 valence electrons. The number of nitrogens with zero attached hydrogens (tertiary/aromatic N) is 2. The second-order valence-electron chi connectivity index (χ2n) is 4.21. The zero-order valence-electron chi connectivity index (χ0n) is 9.95. The Labute approximate surface area is 102 Å². The van der Waals surface area contributed by atoms with E-state index >= 15 is 0 Å².